The number of hydrogen-bond donors (Lipinski definition) is 2. The first-order valence-corrected chi connectivity index (χ1v) is 7.41. The van der Waals surface area contributed by atoms with Crippen LogP contribution in [0.2, 0.25) is 0 Å². The third kappa shape index (κ3) is 7.70. The molecule has 21 heavy (non-hydrogen) atoms. The molecule has 0 unspecified atom stereocenters. The highest BCUT2D eigenvalue weighted by molar-refractivity contribution is 9.10. The molecule has 0 aromatic heterocycles. The average Bonchev–Trinajstić information content (AvgIpc) is 2.24. The van der Waals surface area contributed by atoms with Gasteiger partial charge in [0.25, 0.3) is 0 Å². The van der Waals surface area contributed by atoms with Crippen molar-refractivity contribution in [2.75, 3.05) is 0 Å². The summed E-state index contributed by atoms with van der Waals surface area (Å²) in [4.78, 5) is 22.7. The molecule has 1 amide bonds. The second-order valence-electron chi connectivity index (χ2n) is 5.78. The van der Waals surface area contributed by atoms with E-state index in [9.17, 15) is 9.59 Å². The topological polar surface area (TPSA) is 75.6 Å². The van der Waals surface area contributed by atoms with Gasteiger partial charge in [0.05, 0.1) is 6.42 Å². The minimum absolute atomic E-state index is 0.161. The lowest BCUT2D eigenvalue weighted by molar-refractivity contribution is -0.137. The quantitative estimate of drug-likeness (QED) is 0.846. The summed E-state index contributed by atoms with van der Waals surface area (Å²) in [6.07, 6.45) is -0.347. The Morgan fingerprint density at radius 3 is 2.57 bits per heavy atom. The van der Waals surface area contributed by atoms with E-state index in [2.05, 4.69) is 21.2 Å². The van der Waals surface area contributed by atoms with Gasteiger partial charge in [-0.05, 0) is 44.9 Å². The van der Waals surface area contributed by atoms with E-state index in [0.29, 0.717) is 6.42 Å². The zero-order valence-electron chi connectivity index (χ0n) is 12.4. The van der Waals surface area contributed by atoms with Crippen molar-refractivity contribution in [1.29, 1.82) is 0 Å². The highest BCUT2D eigenvalue weighted by Crippen LogP contribution is 2.15. The van der Waals surface area contributed by atoms with Crippen molar-refractivity contribution in [1.82, 2.24) is 5.32 Å². The lowest BCUT2D eigenvalue weighted by Crippen LogP contribution is -2.41. The van der Waals surface area contributed by atoms with Gasteiger partial charge < -0.3 is 15.2 Å². The van der Waals surface area contributed by atoms with E-state index in [1.807, 2.05) is 24.3 Å². The summed E-state index contributed by atoms with van der Waals surface area (Å²) in [5, 5.41) is 11.6. The Morgan fingerprint density at radius 1 is 1.38 bits per heavy atom. The molecule has 6 heteroatoms. The number of ether oxygens (including phenoxy) is 1. The zero-order valence-corrected chi connectivity index (χ0v) is 13.9. The number of rotatable bonds is 5. The van der Waals surface area contributed by atoms with Gasteiger partial charge in [0.15, 0.2) is 0 Å². The van der Waals surface area contributed by atoms with Gasteiger partial charge in [-0.3, -0.25) is 4.79 Å². The van der Waals surface area contributed by atoms with Crippen LogP contribution in [0, 0.1) is 0 Å². The molecule has 0 aliphatic rings. The Labute approximate surface area is 132 Å². The first-order chi connectivity index (χ1) is 9.65. The molecule has 1 aromatic rings. The van der Waals surface area contributed by atoms with Crippen LogP contribution >= 0.6 is 15.9 Å². The number of nitrogens with one attached hydrogen (secondary N) is 1. The number of carbonyl (C=O) groups excluding carboxylic acids is 1. The second kappa shape index (κ2) is 7.45. The number of carboxylic acid groups (broad SMARTS) is 1. The van der Waals surface area contributed by atoms with Crippen molar-refractivity contribution in [2.45, 2.75) is 45.3 Å². The Kier molecular flexibility index (Phi) is 6.20. The van der Waals surface area contributed by atoms with Crippen LogP contribution < -0.4 is 5.32 Å². The monoisotopic (exact) mass is 357 g/mol. The fourth-order valence-electron chi connectivity index (χ4n) is 1.81. The second-order valence-corrected chi connectivity index (χ2v) is 6.69. The Morgan fingerprint density at radius 2 is 2.05 bits per heavy atom. The van der Waals surface area contributed by atoms with Crippen LogP contribution in [0.1, 0.15) is 32.8 Å². The molecule has 0 bridgehead atoms. The molecule has 0 fully saturated rings. The number of carbonyl (C=O) groups is 2. The smallest absolute Gasteiger partial charge is 0.407 e. The largest absolute Gasteiger partial charge is 0.481 e. The number of halogens is 1. The van der Waals surface area contributed by atoms with Gasteiger partial charge in [0.1, 0.15) is 5.60 Å². The first-order valence-electron chi connectivity index (χ1n) is 6.61. The number of aliphatic carboxylic acids is 1. The maximum atomic E-state index is 11.8. The molecule has 116 valence electrons. The van der Waals surface area contributed by atoms with E-state index in [4.69, 9.17) is 9.84 Å². The molecule has 1 aromatic carbocycles. The van der Waals surface area contributed by atoms with E-state index in [0.717, 1.165) is 10.0 Å². The number of benzene rings is 1. The van der Waals surface area contributed by atoms with Gasteiger partial charge in [-0.15, -0.1) is 0 Å². The van der Waals surface area contributed by atoms with E-state index in [1.165, 1.54) is 0 Å². The summed E-state index contributed by atoms with van der Waals surface area (Å²) in [6, 6.07) is 7.01. The van der Waals surface area contributed by atoms with Crippen molar-refractivity contribution in [3.63, 3.8) is 0 Å². The maximum Gasteiger partial charge on any atom is 0.407 e. The standard InChI is InChI=1S/C15H20BrNO4/c1-15(2,3)21-14(20)17-12(9-13(18)19)8-10-5-4-6-11(16)7-10/h4-7,12H,8-9H2,1-3H3,(H,17,20)(H,18,19)/t12-/m0/s1. The highest BCUT2D eigenvalue weighted by atomic mass is 79.9. The van der Waals surface area contributed by atoms with Crippen LogP contribution in [-0.2, 0) is 16.0 Å². The summed E-state index contributed by atoms with van der Waals surface area (Å²) in [5.74, 6) is -0.967. The molecule has 0 saturated heterocycles. The Bertz CT molecular complexity index is 511. The van der Waals surface area contributed by atoms with Crippen LogP contribution in [-0.4, -0.2) is 28.8 Å². The lowest BCUT2D eigenvalue weighted by Gasteiger charge is -2.23. The lowest BCUT2D eigenvalue weighted by atomic mass is 10.0. The molecule has 0 aliphatic carbocycles. The molecule has 1 atom stereocenters. The van der Waals surface area contributed by atoms with Crippen LogP contribution in [0.25, 0.3) is 0 Å². The highest BCUT2D eigenvalue weighted by Gasteiger charge is 2.21. The number of carboxylic acids is 1. The van der Waals surface area contributed by atoms with Gasteiger partial charge in [-0.2, -0.15) is 0 Å². The Balaban J connectivity index is 2.72. The third-order valence-corrected chi connectivity index (χ3v) is 3.01. The summed E-state index contributed by atoms with van der Waals surface area (Å²) in [7, 11) is 0. The third-order valence-electron chi connectivity index (χ3n) is 2.51. The molecule has 1 rings (SSSR count). The van der Waals surface area contributed by atoms with Crippen LogP contribution in [0.4, 0.5) is 4.79 Å². The normalized spacial score (nSPS) is 12.6. The maximum absolute atomic E-state index is 11.8. The van der Waals surface area contributed by atoms with Gasteiger partial charge in [0.2, 0.25) is 0 Å². The minimum Gasteiger partial charge on any atom is -0.481 e. The van der Waals surface area contributed by atoms with E-state index >= 15 is 0 Å². The molecule has 5 nitrogen and oxygen atoms in total. The average molecular weight is 358 g/mol. The van der Waals surface area contributed by atoms with Crippen molar-refractivity contribution in [3.05, 3.63) is 34.3 Å². The predicted octanol–water partition coefficient (Wildman–Crippen LogP) is 3.36. The van der Waals surface area contributed by atoms with Crippen LogP contribution in [0.3, 0.4) is 0 Å². The van der Waals surface area contributed by atoms with Crippen molar-refractivity contribution < 1.29 is 19.4 Å². The molecule has 0 aliphatic heterocycles. The van der Waals surface area contributed by atoms with E-state index < -0.39 is 23.7 Å². The summed E-state index contributed by atoms with van der Waals surface area (Å²) in [5.41, 5.74) is 0.319. The van der Waals surface area contributed by atoms with E-state index in [1.54, 1.807) is 20.8 Å². The summed E-state index contributed by atoms with van der Waals surface area (Å²) >= 11 is 3.37. The number of hydrogen-bond acceptors (Lipinski definition) is 3. The summed E-state index contributed by atoms with van der Waals surface area (Å²) < 4.78 is 6.07. The van der Waals surface area contributed by atoms with Crippen LogP contribution in [0.5, 0.6) is 0 Å². The van der Waals surface area contributed by atoms with Gasteiger partial charge in [-0.25, -0.2) is 4.79 Å². The molecular weight excluding hydrogens is 338 g/mol. The predicted molar refractivity (Wildman–Crippen MR) is 83.3 cm³/mol. The van der Waals surface area contributed by atoms with Crippen molar-refractivity contribution >= 4 is 28.0 Å². The Hall–Kier alpha value is -1.56. The fourth-order valence-corrected chi connectivity index (χ4v) is 2.25. The van der Waals surface area contributed by atoms with Gasteiger partial charge in [-0.1, -0.05) is 28.1 Å². The number of amides is 1. The summed E-state index contributed by atoms with van der Waals surface area (Å²) in [6.45, 7) is 5.27. The molecule has 0 radical (unpaired) electrons. The zero-order chi connectivity index (χ0) is 16.0. The van der Waals surface area contributed by atoms with Crippen LogP contribution in [0.15, 0.2) is 28.7 Å². The molecule has 0 saturated carbocycles. The molecule has 0 spiro atoms. The molecular formula is C15H20BrNO4. The molecule has 2 N–H and O–H groups in total. The van der Waals surface area contributed by atoms with Crippen molar-refractivity contribution in [2.24, 2.45) is 0 Å². The fraction of sp³-hybridized carbons (Fsp3) is 0.467. The van der Waals surface area contributed by atoms with Gasteiger partial charge >= 0.3 is 12.1 Å². The SMILES string of the molecule is CC(C)(C)OC(=O)N[C@H](CC(=O)O)Cc1cccc(Br)c1. The minimum atomic E-state index is -0.967. The number of alkyl carbamates (subject to hydrolysis) is 1. The first kappa shape index (κ1) is 17.5. The van der Waals surface area contributed by atoms with Gasteiger partial charge in [0, 0.05) is 10.5 Å². The molecule has 0 heterocycles. The van der Waals surface area contributed by atoms with E-state index in [-0.39, 0.29) is 6.42 Å². The van der Waals surface area contributed by atoms with Crippen molar-refractivity contribution in [3.8, 4) is 0 Å².